The molecule has 1 aliphatic carbocycles. The summed E-state index contributed by atoms with van der Waals surface area (Å²) >= 11 is 0. The van der Waals surface area contributed by atoms with Crippen LogP contribution in [0.2, 0.25) is 0 Å². The maximum absolute atomic E-state index is 14.6. The number of likely N-dealkylation sites (tertiary alicyclic amines) is 1. The molecule has 166 valence electrons. The molecular formula is C23H26F3N3O2. The number of carbonyl (C=O) groups excluding carboxylic acids is 1. The van der Waals surface area contributed by atoms with Crippen molar-refractivity contribution >= 4 is 17.3 Å². The number of aliphatic hydroxyl groups is 1. The van der Waals surface area contributed by atoms with Crippen LogP contribution in [0.5, 0.6) is 0 Å². The van der Waals surface area contributed by atoms with E-state index < -0.39 is 34.6 Å². The Labute approximate surface area is 179 Å². The van der Waals surface area contributed by atoms with Crippen molar-refractivity contribution in [3.8, 4) is 0 Å². The highest BCUT2D eigenvalue weighted by atomic mass is 19.2. The second-order valence-corrected chi connectivity index (χ2v) is 8.71. The van der Waals surface area contributed by atoms with Gasteiger partial charge in [0.25, 0.3) is 5.91 Å². The van der Waals surface area contributed by atoms with Crippen LogP contribution in [0.15, 0.2) is 30.3 Å². The third-order valence-electron chi connectivity index (χ3n) is 6.44. The molecule has 1 saturated carbocycles. The minimum Gasteiger partial charge on any atom is -0.386 e. The predicted octanol–water partition coefficient (Wildman–Crippen LogP) is 3.86. The second-order valence-electron chi connectivity index (χ2n) is 8.71. The van der Waals surface area contributed by atoms with E-state index in [2.05, 4.69) is 5.32 Å². The quantitative estimate of drug-likeness (QED) is 0.684. The number of benzene rings is 2. The number of amides is 1. The van der Waals surface area contributed by atoms with Crippen LogP contribution in [0.4, 0.5) is 24.5 Å². The lowest BCUT2D eigenvalue weighted by Crippen LogP contribution is -2.69. The summed E-state index contributed by atoms with van der Waals surface area (Å²) in [6.07, 6.45) is 3.63. The fourth-order valence-corrected chi connectivity index (χ4v) is 4.70. The number of halogens is 3. The van der Waals surface area contributed by atoms with E-state index in [1.54, 1.807) is 13.0 Å². The zero-order valence-corrected chi connectivity index (χ0v) is 17.3. The maximum Gasteiger partial charge on any atom is 0.256 e. The number of nitrogens with two attached hydrogens (primary N) is 1. The van der Waals surface area contributed by atoms with E-state index in [1.165, 1.54) is 23.1 Å². The number of carbonyl (C=O) groups is 1. The number of hydrogen-bond donors (Lipinski definition) is 3. The van der Waals surface area contributed by atoms with Gasteiger partial charge in [0.2, 0.25) is 0 Å². The normalized spacial score (nSPS) is 22.7. The molecule has 5 nitrogen and oxygen atoms in total. The van der Waals surface area contributed by atoms with Crippen LogP contribution < -0.4 is 11.1 Å². The summed E-state index contributed by atoms with van der Waals surface area (Å²) in [7, 11) is 0. The largest absolute Gasteiger partial charge is 0.386 e. The maximum atomic E-state index is 14.6. The van der Waals surface area contributed by atoms with Crippen LogP contribution in [0, 0.1) is 30.3 Å². The highest BCUT2D eigenvalue weighted by Gasteiger charge is 2.51. The summed E-state index contributed by atoms with van der Waals surface area (Å²) in [5, 5.41) is 13.5. The molecule has 0 spiro atoms. The first-order valence-electron chi connectivity index (χ1n) is 10.5. The highest BCUT2D eigenvalue weighted by molar-refractivity contribution is 6.01. The Balaban J connectivity index is 1.57. The van der Waals surface area contributed by atoms with Gasteiger partial charge in [0.1, 0.15) is 11.4 Å². The van der Waals surface area contributed by atoms with E-state index >= 15 is 0 Å². The molecular weight excluding hydrogens is 407 g/mol. The van der Waals surface area contributed by atoms with E-state index in [-0.39, 0.29) is 36.3 Å². The first kappa shape index (κ1) is 21.6. The standard InChI is InChI=1S/C23H26F3N3O2/c1-13-6-9-19(17(25)10-13)28-21-14(7-8-16(24)20(21)26)22(30)29-11-23(31,12-29)15-4-2-3-5-18(15)27/h6-10,15,18,28,31H,2-5,11-12,27H2,1H3. The predicted molar refractivity (Wildman–Crippen MR) is 112 cm³/mol. The first-order chi connectivity index (χ1) is 14.7. The first-order valence-corrected chi connectivity index (χ1v) is 10.5. The SMILES string of the molecule is Cc1ccc(Nc2c(C(=O)N3CC(O)(C4CCCCC4N)C3)ccc(F)c2F)c(F)c1. The fourth-order valence-electron chi connectivity index (χ4n) is 4.70. The number of anilines is 2. The number of hydrogen-bond acceptors (Lipinski definition) is 4. The van der Waals surface area contributed by atoms with Gasteiger partial charge in [-0.1, -0.05) is 18.9 Å². The third kappa shape index (κ3) is 4.02. The second kappa shape index (κ2) is 8.16. The van der Waals surface area contributed by atoms with Crippen molar-refractivity contribution in [3.05, 3.63) is 58.9 Å². The Morgan fingerprint density at radius 1 is 1.13 bits per heavy atom. The van der Waals surface area contributed by atoms with E-state index in [4.69, 9.17) is 5.73 Å². The van der Waals surface area contributed by atoms with Gasteiger partial charge in [0, 0.05) is 12.0 Å². The van der Waals surface area contributed by atoms with Gasteiger partial charge in [-0.05, 0) is 49.6 Å². The Bertz CT molecular complexity index is 1010. The van der Waals surface area contributed by atoms with Crippen molar-refractivity contribution in [2.75, 3.05) is 18.4 Å². The molecule has 8 heteroatoms. The van der Waals surface area contributed by atoms with Crippen molar-refractivity contribution in [3.63, 3.8) is 0 Å². The van der Waals surface area contributed by atoms with Crippen molar-refractivity contribution < 1.29 is 23.1 Å². The third-order valence-corrected chi connectivity index (χ3v) is 6.44. The van der Waals surface area contributed by atoms with E-state index in [0.29, 0.717) is 5.56 Å². The van der Waals surface area contributed by atoms with Gasteiger partial charge in [0.05, 0.1) is 30.0 Å². The molecule has 0 bridgehead atoms. The lowest BCUT2D eigenvalue weighted by Gasteiger charge is -2.53. The van der Waals surface area contributed by atoms with E-state index in [9.17, 15) is 23.1 Å². The number of aryl methyl sites for hydroxylation is 1. The lowest BCUT2D eigenvalue weighted by atomic mass is 9.70. The van der Waals surface area contributed by atoms with Crippen molar-refractivity contribution in [2.24, 2.45) is 11.7 Å². The van der Waals surface area contributed by atoms with Crippen molar-refractivity contribution in [1.82, 2.24) is 4.90 Å². The average Bonchev–Trinajstić information content (AvgIpc) is 2.71. The highest BCUT2D eigenvalue weighted by Crippen LogP contribution is 2.39. The Morgan fingerprint density at radius 2 is 1.84 bits per heavy atom. The summed E-state index contributed by atoms with van der Waals surface area (Å²) in [4.78, 5) is 14.4. The number of nitrogens with one attached hydrogen (secondary N) is 1. The minimum absolute atomic E-state index is 0.0710. The van der Waals surface area contributed by atoms with Crippen molar-refractivity contribution in [2.45, 2.75) is 44.2 Å². The molecule has 2 aromatic carbocycles. The van der Waals surface area contributed by atoms with Crippen LogP contribution in [-0.2, 0) is 0 Å². The molecule has 2 aliphatic rings. The van der Waals surface area contributed by atoms with Crippen LogP contribution >= 0.6 is 0 Å². The summed E-state index contributed by atoms with van der Waals surface area (Å²) < 4.78 is 42.8. The van der Waals surface area contributed by atoms with Gasteiger partial charge < -0.3 is 21.1 Å². The van der Waals surface area contributed by atoms with Gasteiger partial charge in [-0.2, -0.15) is 0 Å². The monoisotopic (exact) mass is 433 g/mol. The molecule has 4 rings (SSSR count). The molecule has 1 amide bonds. The molecule has 4 N–H and O–H groups in total. The molecule has 31 heavy (non-hydrogen) atoms. The van der Waals surface area contributed by atoms with Gasteiger partial charge in [-0.25, -0.2) is 13.2 Å². The fraction of sp³-hybridized carbons (Fsp3) is 0.435. The van der Waals surface area contributed by atoms with Gasteiger partial charge in [-0.15, -0.1) is 0 Å². The number of β-amino-alcohol motifs (C(OH)–C–C–N with tert-alkyl or cyclic N) is 1. The van der Waals surface area contributed by atoms with Crippen LogP contribution in [0.1, 0.15) is 41.6 Å². The summed E-state index contributed by atoms with van der Waals surface area (Å²) in [6, 6.07) is 6.18. The molecule has 2 aromatic rings. The molecule has 2 unspecified atom stereocenters. The van der Waals surface area contributed by atoms with Crippen LogP contribution in [0.25, 0.3) is 0 Å². The molecule has 0 aromatic heterocycles. The Hall–Kier alpha value is -2.58. The van der Waals surface area contributed by atoms with Gasteiger partial charge >= 0.3 is 0 Å². The Morgan fingerprint density at radius 3 is 2.52 bits per heavy atom. The van der Waals surface area contributed by atoms with Crippen LogP contribution in [0.3, 0.4) is 0 Å². The zero-order chi connectivity index (χ0) is 22.3. The number of nitrogens with zero attached hydrogens (tertiary/aromatic N) is 1. The zero-order valence-electron chi connectivity index (χ0n) is 17.3. The molecule has 2 atom stereocenters. The minimum atomic E-state index is -1.27. The van der Waals surface area contributed by atoms with Crippen LogP contribution in [-0.4, -0.2) is 40.6 Å². The summed E-state index contributed by atoms with van der Waals surface area (Å²) in [6.45, 7) is 1.84. The van der Waals surface area contributed by atoms with Crippen molar-refractivity contribution in [1.29, 1.82) is 0 Å². The van der Waals surface area contributed by atoms with Gasteiger partial charge in [-0.3, -0.25) is 4.79 Å². The van der Waals surface area contributed by atoms with Gasteiger partial charge in [0.15, 0.2) is 11.6 Å². The lowest BCUT2D eigenvalue weighted by molar-refractivity contribution is -0.131. The average molecular weight is 433 g/mol. The van der Waals surface area contributed by atoms with E-state index in [1.807, 2.05) is 0 Å². The molecule has 1 heterocycles. The molecule has 2 fully saturated rings. The smallest absolute Gasteiger partial charge is 0.256 e. The molecule has 1 aliphatic heterocycles. The topological polar surface area (TPSA) is 78.6 Å². The van der Waals surface area contributed by atoms with E-state index in [0.717, 1.165) is 31.7 Å². The summed E-state index contributed by atoms with van der Waals surface area (Å²) in [5.74, 6) is -3.74. The molecule has 1 saturated heterocycles. The number of rotatable bonds is 4. The Kier molecular flexibility index (Phi) is 5.70. The summed E-state index contributed by atoms with van der Waals surface area (Å²) in [5.41, 5.74) is 5.13. The molecule has 0 radical (unpaired) electrons.